The zero-order chi connectivity index (χ0) is 10.1. The molecule has 0 spiro atoms. The zero-order valence-corrected chi connectivity index (χ0v) is 10.5. The van der Waals surface area contributed by atoms with Gasteiger partial charge in [0.1, 0.15) is 4.60 Å². The standard InChI is InChI=1S/C9H8Br2N2O/c10-6-3-9(14)13(5-6)7-1-2-12-8(11)4-7/h1-2,4,6H,3,5H2. The molecule has 0 bridgehead atoms. The van der Waals surface area contributed by atoms with Crippen molar-refractivity contribution in [2.24, 2.45) is 0 Å². The number of alkyl halides is 1. The number of hydrogen-bond acceptors (Lipinski definition) is 2. The Morgan fingerprint density at radius 2 is 2.36 bits per heavy atom. The van der Waals surface area contributed by atoms with Crippen LogP contribution in [0.5, 0.6) is 0 Å². The van der Waals surface area contributed by atoms with Crippen LogP contribution in [0, 0.1) is 0 Å². The highest BCUT2D eigenvalue weighted by molar-refractivity contribution is 9.10. The van der Waals surface area contributed by atoms with Gasteiger partial charge in [0.05, 0.1) is 0 Å². The van der Waals surface area contributed by atoms with Gasteiger partial charge in [-0.2, -0.15) is 0 Å². The number of rotatable bonds is 1. The Bertz CT molecular complexity index is 370. The SMILES string of the molecule is O=C1CC(Br)CN1c1ccnc(Br)c1. The van der Waals surface area contributed by atoms with Crippen LogP contribution in [0.4, 0.5) is 5.69 Å². The molecule has 2 heterocycles. The third kappa shape index (κ3) is 1.98. The lowest BCUT2D eigenvalue weighted by molar-refractivity contribution is -0.117. The Morgan fingerprint density at radius 3 is 2.93 bits per heavy atom. The fraction of sp³-hybridized carbons (Fsp3) is 0.333. The van der Waals surface area contributed by atoms with Gasteiger partial charge in [-0.25, -0.2) is 4.98 Å². The van der Waals surface area contributed by atoms with Gasteiger partial charge in [-0.1, -0.05) is 15.9 Å². The molecular weight excluding hydrogens is 312 g/mol. The normalized spacial score (nSPS) is 21.7. The van der Waals surface area contributed by atoms with Gasteiger partial charge in [0.25, 0.3) is 0 Å². The maximum Gasteiger partial charge on any atom is 0.228 e. The van der Waals surface area contributed by atoms with Crippen molar-refractivity contribution in [2.75, 3.05) is 11.4 Å². The molecule has 1 saturated heterocycles. The predicted octanol–water partition coefficient (Wildman–Crippen LogP) is 2.34. The smallest absolute Gasteiger partial charge is 0.228 e. The van der Waals surface area contributed by atoms with Crippen LogP contribution in [0.25, 0.3) is 0 Å². The minimum absolute atomic E-state index is 0.157. The fourth-order valence-corrected chi connectivity index (χ4v) is 2.39. The number of anilines is 1. The second kappa shape index (κ2) is 3.98. The summed E-state index contributed by atoms with van der Waals surface area (Å²) in [5, 5.41) is 0. The largest absolute Gasteiger partial charge is 0.311 e. The van der Waals surface area contributed by atoms with Crippen LogP contribution in [0.1, 0.15) is 6.42 Å². The van der Waals surface area contributed by atoms with Gasteiger partial charge in [-0.15, -0.1) is 0 Å². The lowest BCUT2D eigenvalue weighted by Crippen LogP contribution is -2.24. The second-order valence-corrected chi connectivity index (χ2v) is 5.25. The quantitative estimate of drug-likeness (QED) is 0.588. The third-order valence-corrected chi connectivity index (χ3v) is 3.15. The highest BCUT2D eigenvalue weighted by Gasteiger charge is 2.28. The topological polar surface area (TPSA) is 33.2 Å². The Labute approximate surface area is 98.8 Å². The first-order chi connectivity index (χ1) is 6.66. The number of halogens is 2. The van der Waals surface area contributed by atoms with E-state index in [1.807, 2.05) is 12.1 Å². The summed E-state index contributed by atoms with van der Waals surface area (Å²) in [6, 6.07) is 3.69. The average Bonchev–Trinajstić information content (AvgIpc) is 2.45. The van der Waals surface area contributed by atoms with Crippen LogP contribution in [-0.4, -0.2) is 22.3 Å². The molecule has 1 aromatic heterocycles. The minimum atomic E-state index is 0.157. The van der Waals surface area contributed by atoms with E-state index in [-0.39, 0.29) is 10.7 Å². The second-order valence-electron chi connectivity index (χ2n) is 3.14. The molecule has 3 nitrogen and oxygen atoms in total. The molecule has 1 aliphatic rings. The van der Waals surface area contributed by atoms with Crippen LogP contribution in [0.15, 0.2) is 22.9 Å². The van der Waals surface area contributed by atoms with E-state index in [9.17, 15) is 4.79 Å². The van der Waals surface area contributed by atoms with Crippen LogP contribution >= 0.6 is 31.9 Å². The molecule has 1 aliphatic heterocycles. The molecule has 1 unspecified atom stereocenters. The van der Waals surface area contributed by atoms with E-state index in [0.717, 1.165) is 16.8 Å². The van der Waals surface area contributed by atoms with Crippen molar-refractivity contribution in [1.29, 1.82) is 0 Å². The Hall–Kier alpha value is -0.420. The van der Waals surface area contributed by atoms with Gasteiger partial charge in [-0.05, 0) is 28.1 Å². The van der Waals surface area contributed by atoms with E-state index >= 15 is 0 Å². The first-order valence-electron chi connectivity index (χ1n) is 4.23. The fourth-order valence-electron chi connectivity index (χ4n) is 1.47. The molecule has 0 aliphatic carbocycles. The maximum atomic E-state index is 11.6. The van der Waals surface area contributed by atoms with E-state index in [4.69, 9.17) is 0 Å². The van der Waals surface area contributed by atoms with Crippen molar-refractivity contribution < 1.29 is 4.79 Å². The molecule has 2 rings (SSSR count). The van der Waals surface area contributed by atoms with Crippen molar-refractivity contribution in [3.8, 4) is 0 Å². The van der Waals surface area contributed by atoms with Crippen molar-refractivity contribution in [3.05, 3.63) is 22.9 Å². The summed E-state index contributed by atoms with van der Waals surface area (Å²) < 4.78 is 0.751. The van der Waals surface area contributed by atoms with Crippen molar-refractivity contribution in [1.82, 2.24) is 4.98 Å². The molecule has 0 aromatic carbocycles. The van der Waals surface area contributed by atoms with E-state index in [0.29, 0.717) is 6.42 Å². The number of carbonyl (C=O) groups excluding carboxylic acids is 1. The predicted molar refractivity (Wildman–Crippen MR) is 61.6 cm³/mol. The van der Waals surface area contributed by atoms with E-state index < -0.39 is 0 Å². The molecule has 1 atom stereocenters. The number of pyridine rings is 1. The summed E-state index contributed by atoms with van der Waals surface area (Å²) in [4.78, 5) is 17.6. The van der Waals surface area contributed by atoms with Gasteiger partial charge in [0.15, 0.2) is 0 Å². The molecule has 0 radical (unpaired) electrons. The number of amides is 1. The zero-order valence-electron chi connectivity index (χ0n) is 7.28. The first kappa shape index (κ1) is 10.1. The maximum absolute atomic E-state index is 11.6. The first-order valence-corrected chi connectivity index (χ1v) is 5.93. The van der Waals surface area contributed by atoms with Gasteiger partial charge in [-0.3, -0.25) is 4.79 Å². The molecule has 74 valence electrons. The van der Waals surface area contributed by atoms with Crippen LogP contribution in [0.2, 0.25) is 0 Å². The summed E-state index contributed by atoms with van der Waals surface area (Å²) in [5.41, 5.74) is 0.902. The van der Waals surface area contributed by atoms with E-state index in [1.54, 1.807) is 11.1 Å². The lowest BCUT2D eigenvalue weighted by atomic mass is 10.4. The monoisotopic (exact) mass is 318 g/mol. The molecule has 0 N–H and O–H groups in total. The summed E-state index contributed by atoms with van der Waals surface area (Å²) in [6.07, 6.45) is 2.26. The highest BCUT2D eigenvalue weighted by Crippen LogP contribution is 2.26. The van der Waals surface area contributed by atoms with Crippen LogP contribution < -0.4 is 4.90 Å². The summed E-state index contributed by atoms with van der Waals surface area (Å²) in [7, 11) is 0. The van der Waals surface area contributed by atoms with Crippen molar-refractivity contribution in [3.63, 3.8) is 0 Å². The molecule has 1 aromatic rings. The molecule has 1 fully saturated rings. The molecule has 1 amide bonds. The highest BCUT2D eigenvalue weighted by atomic mass is 79.9. The summed E-state index contributed by atoms with van der Waals surface area (Å²) in [6.45, 7) is 0.731. The van der Waals surface area contributed by atoms with Gasteiger partial charge < -0.3 is 4.90 Å². The number of aromatic nitrogens is 1. The Morgan fingerprint density at radius 1 is 1.57 bits per heavy atom. The number of carbonyl (C=O) groups is 1. The third-order valence-electron chi connectivity index (χ3n) is 2.10. The van der Waals surface area contributed by atoms with Crippen molar-refractivity contribution in [2.45, 2.75) is 11.2 Å². The van der Waals surface area contributed by atoms with E-state index in [1.165, 1.54) is 0 Å². The van der Waals surface area contributed by atoms with Crippen LogP contribution in [-0.2, 0) is 4.79 Å². The van der Waals surface area contributed by atoms with Gasteiger partial charge in [0, 0.05) is 29.7 Å². The summed E-state index contributed by atoms with van der Waals surface area (Å²) in [5.74, 6) is 0.157. The molecule has 5 heteroatoms. The Balaban J connectivity index is 2.27. The average molecular weight is 320 g/mol. The van der Waals surface area contributed by atoms with Crippen LogP contribution in [0.3, 0.4) is 0 Å². The van der Waals surface area contributed by atoms with Gasteiger partial charge >= 0.3 is 0 Å². The minimum Gasteiger partial charge on any atom is -0.311 e. The molecule has 0 saturated carbocycles. The van der Waals surface area contributed by atoms with Gasteiger partial charge in [0.2, 0.25) is 5.91 Å². The Kier molecular flexibility index (Phi) is 2.88. The molecule has 14 heavy (non-hydrogen) atoms. The van der Waals surface area contributed by atoms with E-state index in [2.05, 4.69) is 36.8 Å². The number of nitrogens with zero attached hydrogens (tertiary/aromatic N) is 2. The van der Waals surface area contributed by atoms with Crippen molar-refractivity contribution >= 4 is 43.5 Å². The summed E-state index contributed by atoms with van der Waals surface area (Å²) >= 11 is 6.73. The lowest BCUT2D eigenvalue weighted by Gasteiger charge is -2.15. The molecular formula is C9H8Br2N2O. The number of hydrogen-bond donors (Lipinski definition) is 0.